The molecule has 2 aromatic rings. The third-order valence-electron chi connectivity index (χ3n) is 7.67. The van der Waals surface area contributed by atoms with E-state index in [2.05, 4.69) is 5.48 Å². The number of amides is 1. The summed E-state index contributed by atoms with van der Waals surface area (Å²) < 4.78 is 10.6. The summed E-state index contributed by atoms with van der Waals surface area (Å²) in [6.45, 7) is -0.184. The quantitative estimate of drug-likeness (QED) is 0.510. The van der Waals surface area contributed by atoms with Gasteiger partial charge in [-0.25, -0.2) is 9.59 Å². The fraction of sp³-hybridized carbons (Fsp3) is 0.444. The van der Waals surface area contributed by atoms with Crippen molar-refractivity contribution < 1.29 is 28.7 Å². The van der Waals surface area contributed by atoms with Gasteiger partial charge in [-0.3, -0.25) is 4.79 Å². The summed E-state index contributed by atoms with van der Waals surface area (Å²) in [5.41, 5.74) is 3.92. The number of hydrogen-bond donors (Lipinski definition) is 1. The number of carbonyl (C=O) groups excluding carboxylic acids is 3. The van der Waals surface area contributed by atoms with Crippen molar-refractivity contribution in [1.82, 2.24) is 5.48 Å². The topological polar surface area (TPSA) is 90.9 Å². The normalized spacial score (nSPS) is 26.6. The first-order valence-corrected chi connectivity index (χ1v) is 11.9. The third kappa shape index (κ3) is 4.39. The molecule has 1 amide bonds. The minimum atomic E-state index is -0.631. The van der Waals surface area contributed by atoms with Crippen LogP contribution in [-0.2, 0) is 19.8 Å². The van der Waals surface area contributed by atoms with Crippen molar-refractivity contribution in [3.63, 3.8) is 0 Å². The number of nitrogens with one attached hydrogen (secondary N) is 1. The van der Waals surface area contributed by atoms with Crippen LogP contribution < -0.4 is 10.2 Å². The Balaban J connectivity index is 1.39. The van der Waals surface area contributed by atoms with Gasteiger partial charge in [-0.1, -0.05) is 18.2 Å². The summed E-state index contributed by atoms with van der Waals surface area (Å²) in [5.74, 6) is 1.12. The van der Waals surface area contributed by atoms with E-state index in [1.165, 1.54) is 26.4 Å². The molecule has 4 aliphatic carbocycles. The van der Waals surface area contributed by atoms with Crippen molar-refractivity contribution in [3.8, 4) is 5.75 Å². The number of ether oxygens (including phenoxy) is 2. The van der Waals surface area contributed by atoms with Crippen molar-refractivity contribution in [1.29, 1.82) is 0 Å². The Morgan fingerprint density at radius 1 is 0.912 bits per heavy atom. The van der Waals surface area contributed by atoms with E-state index in [0.29, 0.717) is 34.6 Å². The number of hydroxylamine groups is 1. The van der Waals surface area contributed by atoms with Crippen molar-refractivity contribution in [2.45, 2.75) is 43.9 Å². The maximum atomic E-state index is 12.9. The third-order valence-corrected chi connectivity index (χ3v) is 7.67. The lowest BCUT2D eigenvalue weighted by Crippen LogP contribution is -2.48. The van der Waals surface area contributed by atoms with Crippen LogP contribution in [0.5, 0.6) is 5.75 Å². The first kappa shape index (κ1) is 22.4. The highest BCUT2D eigenvalue weighted by Gasteiger charge is 2.52. The van der Waals surface area contributed by atoms with Crippen LogP contribution in [0.2, 0.25) is 0 Å². The molecule has 0 atom stereocenters. The number of methoxy groups -OCH3 is 1. The Labute approximate surface area is 198 Å². The van der Waals surface area contributed by atoms with Gasteiger partial charge in [0.2, 0.25) is 0 Å². The van der Waals surface area contributed by atoms with E-state index in [-0.39, 0.29) is 12.0 Å². The monoisotopic (exact) mass is 463 g/mol. The largest absolute Gasteiger partial charge is 0.482 e. The van der Waals surface area contributed by atoms with Gasteiger partial charge in [-0.05, 0) is 92.0 Å². The molecule has 0 aromatic heterocycles. The number of benzene rings is 2. The van der Waals surface area contributed by atoms with Gasteiger partial charge in [0.25, 0.3) is 5.91 Å². The van der Waals surface area contributed by atoms with Crippen LogP contribution in [0.15, 0.2) is 48.5 Å². The van der Waals surface area contributed by atoms with Gasteiger partial charge in [0.15, 0.2) is 6.61 Å². The molecule has 1 N–H and O–H groups in total. The van der Waals surface area contributed by atoms with E-state index in [0.717, 1.165) is 24.8 Å². The Morgan fingerprint density at radius 3 is 2.18 bits per heavy atom. The predicted octanol–water partition coefficient (Wildman–Crippen LogP) is 4.21. The van der Waals surface area contributed by atoms with E-state index >= 15 is 0 Å². The number of carbonyl (C=O) groups is 3. The van der Waals surface area contributed by atoms with Crippen LogP contribution in [0.1, 0.15) is 64.8 Å². The lowest BCUT2D eigenvalue weighted by atomic mass is 9.48. The molecule has 6 rings (SSSR count). The smallest absolute Gasteiger partial charge is 0.362 e. The zero-order valence-corrected chi connectivity index (χ0v) is 19.3. The molecule has 7 heteroatoms. The summed E-state index contributed by atoms with van der Waals surface area (Å²) in [4.78, 5) is 41.8. The summed E-state index contributed by atoms with van der Waals surface area (Å²) in [6.07, 6.45) is 7.07. The molecule has 0 unspecified atom stereocenters. The van der Waals surface area contributed by atoms with Gasteiger partial charge < -0.3 is 14.3 Å². The first-order valence-electron chi connectivity index (χ1n) is 11.9. The van der Waals surface area contributed by atoms with Crippen molar-refractivity contribution in [3.05, 3.63) is 65.2 Å². The Kier molecular flexibility index (Phi) is 6.02. The van der Waals surface area contributed by atoms with E-state index in [1.807, 2.05) is 6.07 Å². The van der Waals surface area contributed by atoms with Gasteiger partial charge in [0, 0.05) is 11.1 Å². The summed E-state index contributed by atoms with van der Waals surface area (Å²) >= 11 is 0. The number of hydrogen-bond acceptors (Lipinski definition) is 6. The number of rotatable bonds is 6. The molecule has 0 spiro atoms. The van der Waals surface area contributed by atoms with E-state index < -0.39 is 17.8 Å². The Morgan fingerprint density at radius 2 is 1.56 bits per heavy atom. The Hall–Kier alpha value is -3.35. The minimum absolute atomic E-state index is 0.0583. The fourth-order valence-electron chi connectivity index (χ4n) is 6.63. The lowest BCUT2D eigenvalue weighted by molar-refractivity contribution is -0.143. The average Bonchev–Trinajstić information content (AvgIpc) is 2.85. The van der Waals surface area contributed by atoms with Crippen LogP contribution in [-0.4, -0.2) is 31.6 Å². The average molecular weight is 464 g/mol. The van der Waals surface area contributed by atoms with E-state index in [4.69, 9.17) is 14.3 Å². The van der Waals surface area contributed by atoms with Gasteiger partial charge in [-0.2, -0.15) is 5.48 Å². The van der Waals surface area contributed by atoms with Crippen LogP contribution in [0.4, 0.5) is 0 Å². The molecule has 0 radical (unpaired) electrons. The summed E-state index contributed by atoms with van der Waals surface area (Å²) in [6, 6.07) is 13.7. The second kappa shape index (κ2) is 9.12. The highest BCUT2D eigenvalue weighted by Crippen LogP contribution is 2.61. The summed E-state index contributed by atoms with van der Waals surface area (Å²) in [7, 11) is 1.33. The zero-order chi connectivity index (χ0) is 23.7. The molecule has 4 aliphatic rings. The van der Waals surface area contributed by atoms with Gasteiger partial charge >= 0.3 is 11.9 Å². The SMILES string of the molecule is COC(=O)COc1ccc(C(=O)NOC(=O)c2ccccc2)cc1C12CC3CC(CC(C3)C1)C2. The highest BCUT2D eigenvalue weighted by molar-refractivity contribution is 5.96. The second-order valence-corrected chi connectivity index (χ2v) is 9.96. The maximum absolute atomic E-state index is 12.9. The van der Waals surface area contributed by atoms with Crippen molar-refractivity contribution in [2.75, 3.05) is 13.7 Å². The Bertz CT molecular complexity index is 1060. The molecule has 178 valence electrons. The highest BCUT2D eigenvalue weighted by atomic mass is 16.7. The number of esters is 1. The molecule has 2 aromatic carbocycles. The molecule has 4 saturated carbocycles. The van der Waals surface area contributed by atoms with E-state index in [1.54, 1.807) is 42.5 Å². The molecule has 7 nitrogen and oxygen atoms in total. The van der Waals surface area contributed by atoms with Crippen LogP contribution >= 0.6 is 0 Å². The van der Waals surface area contributed by atoms with Crippen LogP contribution in [0, 0.1) is 17.8 Å². The zero-order valence-electron chi connectivity index (χ0n) is 19.3. The molecular weight excluding hydrogens is 434 g/mol. The minimum Gasteiger partial charge on any atom is -0.482 e. The standard InChI is InChI=1S/C27H29NO6/c1-32-24(29)16-33-23-8-7-21(25(30)28-34-26(31)20-5-3-2-4-6-20)12-22(23)27-13-17-9-18(14-27)11-19(10-17)15-27/h2-8,12,17-19H,9-11,13-16H2,1H3,(H,28,30). The lowest BCUT2D eigenvalue weighted by Gasteiger charge is -2.57. The fourth-order valence-corrected chi connectivity index (χ4v) is 6.63. The van der Waals surface area contributed by atoms with Crippen LogP contribution in [0.25, 0.3) is 0 Å². The molecule has 4 bridgehead atoms. The molecule has 34 heavy (non-hydrogen) atoms. The molecule has 0 saturated heterocycles. The summed E-state index contributed by atoms with van der Waals surface area (Å²) in [5, 5.41) is 0. The molecule has 0 heterocycles. The first-order chi connectivity index (χ1) is 16.5. The maximum Gasteiger partial charge on any atom is 0.362 e. The van der Waals surface area contributed by atoms with E-state index in [9.17, 15) is 14.4 Å². The molecule has 4 fully saturated rings. The van der Waals surface area contributed by atoms with Gasteiger partial charge in [-0.15, -0.1) is 0 Å². The molecular formula is C27H29NO6. The molecule has 0 aliphatic heterocycles. The van der Waals surface area contributed by atoms with Crippen molar-refractivity contribution in [2.24, 2.45) is 17.8 Å². The second-order valence-electron chi connectivity index (χ2n) is 9.96. The van der Waals surface area contributed by atoms with Crippen LogP contribution in [0.3, 0.4) is 0 Å². The van der Waals surface area contributed by atoms with Gasteiger partial charge in [0.05, 0.1) is 12.7 Å². The van der Waals surface area contributed by atoms with Gasteiger partial charge in [0.1, 0.15) is 5.75 Å². The predicted molar refractivity (Wildman–Crippen MR) is 123 cm³/mol. The van der Waals surface area contributed by atoms with Crippen molar-refractivity contribution >= 4 is 17.8 Å².